The molecular weight excluding hydrogens is 404 g/mol. The third-order valence-corrected chi connectivity index (χ3v) is 5.94. The first kappa shape index (κ1) is 20.0. The second-order valence-corrected chi connectivity index (χ2v) is 7.93. The van der Waals surface area contributed by atoms with Crippen molar-refractivity contribution in [3.8, 4) is 11.3 Å². The minimum Gasteiger partial charge on any atom is -0.379 e. The molecule has 0 unspecified atom stereocenters. The van der Waals surface area contributed by atoms with Crippen molar-refractivity contribution in [1.29, 1.82) is 0 Å². The average molecular weight is 427 g/mol. The highest BCUT2D eigenvalue weighted by Crippen LogP contribution is 2.20. The van der Waals surface area contributed by atoms with Crippen molar-refractivity contribution >= 4 is 29.2 Å². The molecule has 0 bridgehead atoms. The summed E-state index contributed by atoms with van der Waals surface area (Å²) < 4.78 is 7.32. The Kier molecular flexibility index (Phi) is 6.90. The van der Waals surface area contributed by atoms with Crippen LogP contribution in [0, 0.1) is 0 Å². The molecule has 5 nitrogen and oxygen atoms in total. The molecule has 1 fully saturated rings. The van der Waals surface area contributed by atoms with Gasteiger partial charge in [-0.2, -0.15) is 5.10 Å². The summed E-state index contributed by atoms with van der Waals surface area (Å²) in [5.74, 6) is 0. The van der Waals surface area contributed by atoms with Crippen LogP contribution in [0.5, 0.6) is 0 Å². The number of aromatic nitrogens is 1. The number of ether oxygens (including phenoxy) is 1. The van der Waals surface area contributed by atoms with Crippen LogP contribution >= 0.6 is 22.9 Å². The summed E-state index contributed by atoms with van der Waals surface area (Å²) in [6.07, 6.45) is 1.79. The molecule has 0 amide bonds. The maximum Gasteiger partial charge on any atom is 0.206 e. The molecule has 0 saturated carbocycles. The maximum atomic E-state index is 6.29. The monoisotopic (exact) mass is 426 g/mol. The van der Waals surface area contributed by atoms with Gasteiger partial charge in [0.25, 0.3) is 0 Å². The van der Waals surface area contributed by atoms with E-state index in [2.05, 4.69) is 22.4 Å². The molecule has 0 N–H and O–H groups in total. The first-order chi connectivity index (χ1) is 14.3. The minimum atomic E-state index is 0.680. The van der Waals surface area contributed by atoms with E-state index in [1.54, 1.807) is 17.6 Å². The highest BCUT2D eigenvalue weighted by Gasteiger charge is 2.10. The number of hydrogen-bond acceptors (Lipinski definition) is 5. The molecule has 0 radical (unpaired) electrons. The predicted octanol–water partition coefficient (Wildman–Crippen LogP) is 3.99. The zero-order valence-electron chi connectivity index (χ0n) is 16.1. The van der Waals surface area contributed by atoms with Crippen molar-refractivity contribution in [3.05, 3.63) is 75.4 Å². The first-order valence-electron chi connectivity index (χ1n) is 9.67. The third kappa shape index (κ3) is 5.22. The van der Waals surface area contributed by atoms with Crippen LogP contribution in [0.1, 0.15) is 5.56 Å². The molecule has 0 spiro atoms. The van der Waals surface area contributed by atoms with E-state index in [4.69, 9.17) is 26.4 Å². The molecule has 1 aromatic heterocycles. The zero-order valence-corrected chi connectivity index (χ0v) is 17.6. The van der Waals surface area contributed by atoms with Gasteiger partial charge in [0.2, 0.25) is 4.80 Å². The first-order valence-corrected chi connectivity index (χ1v) is 10.9. The number of thiazole rings is 1. The summed E-state index contributed by atoms with van der Waals surface area (Å²) in [5, 5.41) is 7.51. The fourth-order valence-corrected chi connectivity index (χ4v) is 4.19. The van der Waals surface area contributed by atoms with Gasteiger partial charge in [-0.3, -0.25) is 9.89 Å². The fourth-order valence-electron chi connectivity index (χ4n) is 3.14. The van der Waals surface area contributed by atoms with Crippen molar-refractivity contribution < 1.29 is 4.74 Å². The molecule has 1 aliphatic rings. The van der Waals surface area contributed by atoms with Crippen LogP contribution in [-0.2, 0) is 4.74 Å². The van der Waals surface area contributed by atoms with Crippen molar-refractivity contribution in [2.24, 2.45) is 10.1 Å². The van der Waals surface area contributed by atoms with Gasteiger partial charge in [0.15, 0.2) is 0 Å². The van der Waals surface area contributed by atoms with E-state index in [0.29, 0.717) is 5.02 Å². The Bertz CT molecular complexity index is 1020. The van der Waals surface area contributed by atoms with Crippen LogP contribution in [-0.4, -0.2) is 55.2 Å². The summed E-state index contributed by atoms with van der Waals surface area (Å²) in [7, 11) is 0. The second kappa shape index (κ2) is 9.98. The van der Waals surface area contributed by atoms with Gasteiger partial charge in [-0.15, -0.1) is 11.3 Å². The number of hydrogen-bond donors (Lipinski definition) is 0. The van der Waals surface area contributed by atoms with Crippen molar-refractivity contribution in [1.82, 2.24) is 9.58 Å². The van der Waals surface area contributed by atoms with Gasteiger partial charge in [-0.05, 0) is 6.07 Å². The van der Waals surface area contributed by atoms with Crippen molar-refractivity contribution in [3.63, 3.8) is 0 Å². The van der Waals surface area contributed by atoms with Crippen LogP contribution in [0.25, 0.3) is 11.3 Å². The van der Waals surface area contributed by atoms with Crippen LogP contribution in [0.4, 0.5) is 0 Å². The summed E-state index contributed by atoms with van der Waals surface area (Å²) in [4.78, 5) is 8.09. The number of benzene rings is 2. The minimum absolute atomic E-state index is 0.680. The molecule has 1 aliphatic heterocycles. The van der Waals surface area contributed by atoms with Gasteiger partial charge in [0.05, 0.1) is 31.7 Å². The van der Waals surface area contributed by atoms with Crippen molar-refractivity contribution in [2.75, 3.05) is 39.4 Å². The Balaban J connectivity index is 1.63. The van der Waals surface area contributed by atoms with Gasteiger partial charge < -0.3 is 4.74 Å². The molecule has 2 heterocycles. The van der Waals surface area contributed by atoms with Crippen LogP contribution in [0.2, 0.25) is 5.02 Å². The quantitative estimate of drug-likeness (QED) is 0.559. The molecule has 0 atom stereocenters. The van der Waals surface area contributed by atoms with E-state index in [9.17, 15) is 0 Å². The van der Waals surface area contributed by atoms with E-state index >= 15 is 0 Å². The molecule has 3 aromatic rings. The maximum absolute atomic E-state index is 6.29. The lowest BCUT2D eigenvalue weighted by atomic mass is 10.2. The summed E-state index contributed by atoms with van der Waals surface area (Å²) >= 11 is 7.90. The van der Waals surface area contributed by atoms with Crippen LogP contribution in [0.3, 0.4) is 0 Å². The van der Waals surface area contributed by atoms with Crippen molar-refractivity contribution in [2.45, 2.75) is 0 Å². The lowest BCUT2D eigenvalue weighted by Crippen LogP contribution is -2.38. The Hall–Kier alpha value is -2.25. The molecule has 150 valence electrons. The molecule has 7 heteroatoms. The largest absolute Gasteiger partial charge is 0.379 e. The molecule has 4 rings (SSSR count). The summed E-state index contributed by atoms with van der Waals surface area (Å²) in [6.45, 7) is 5.21. The SMILES string of the molecule is Clc1ccccc1/C=N/n1c(-c2ccccc2)csc1=NCCN1CCOCC1. The normalized spacial score (nSPS) is 16.0. The molecular formula is C22H23ClN4OS. The van der Waals surface area contributed by atoms with Gasteiger partial charge in [-0.25, -0.2) is 4.68 Å². The van der Waals surface area contributed by atoms with E-state index in [1.165, 1.54) is 0 Å². The van der Waals surface area contributed by atoms with E-state index in [0.717, 1.165) is 61.0 Å². The van der Waals surface area contributed by atoms with E-state index < -0.39 is 0 Å². The van der Waals surface area contributed by atoms with Gasteiger partial charge >= 0.3 is 0 Å². The summed E-state index contributed by atoms with van der Waals surface area (Å²) in [5.41, 5.74) is 3.00. The van der Waals surface area contributed by atoms with Crippen LogP contribution in [0.15, 0.2) is 70.1 Å². The number of morpholine rings is 1. The average Bonchev–Trinajstić information content (AvgIpc) is 3.17. The van der Waals surface area contributed by atoms with E-state index in [-0.39, 0.29) is 0 Å². The number of halogens is 1. The smallest absolute Gasteiger partial charge is 0.206 e. The summed E-state index contributed by atoms with van der Waals surface area (Å²) in [6, 6.07) is 17.9. The second-order valence-electron chi connectivity index (χ2n) is 6.68. The Labute approximate surface area is 179 Å². The number of nitrogens with zero attached hydrogens (tertiary/aromatic N) is 4. The fraction of sp³-hybridized carbons (Fsp3) is 0.273. The standard InChI is InChI=1S/C22H23ClN4OS/c23-20-9-5-4-8-19(20)16-25-27-21(18-6-2-1-3-7-18)17-29-22(27)24-10-11-26-12-14-28-15-13-26/h1-9,16-17H,10-15H2/b24-22?,25-16+. The van der Waals surface area contributed by atoms with Gasteiger partial charge in [0.1, 0.15) is 0 Å². The lowest BCUT2D eigenvalue weighted by molar-refractivity contribution is 0.0393. The Morgan fingerprint density at radius 1 is 1.03 bits per heavy atom. The zero-order chi connectivity index (χ0) is 19.9. The van der Waals surface area contributed by atoms with Gasteiger partial charge in [-0.1, -0.05) is 60.1 Å². The molecule has 2 aromatic carbocycles. The highest BCUT2D eigenvalue weighted by molar-refractivity contribution is 7.07. The van der Waals surface area contributed by atoms with Gasteiger partial charge in [0, 0.05) is 41.2 Å². The number of rotatable bonds is 6. The topological polar surface area (TPSA) is 42.1 Å². The third-order valence-electron chi connectivity index (χ3n) is 4.74. The predicted molar refractivity (Wildman–Crippen MR) is 120 cm³/mol. The Morgan fingerprint density at radius 2 is 1.79 bits per heavy atom. The van der Waals surface area contributed by atoms with E-state index in [1.807, 2.05) is 47.1 Å². The van der Waals surface area contributed by atoms with Crippen LogP contribution < -0.4 is 4.80 Å². The lowest BCUT2D eigenvalue weighted by Gasteiger charge is -2.25. The molecule has 1 saturated heterocycles. The molecule has 29 heavy (non-hydrogen) atoms. The Morgan fingerprint density at radius 3 is 2.59 bits per heavy atom. The highest BCUT2D eigenvalue weighted by atomic mass is 35.5. The molecule has 0 aliphatic carbocycles.